The molecule has 1 saturated heterocycles. The molecule has 1 aromatic carbocycles. The number of alkyl halides is 2. The molecule has 4 nitrogen and oxygen atoms in total. The molecule has 1 N–H and O–H groups in total. The van der Waals surface area contributed by atoms with Gasteiger partial charge in [-0.1, -0.05) is 6.07 Å². The molecule has 1 heterocycles. The van der Waals surface area contributed by atoms with Gasteiger partial charge in [-0.2, -0.15) is 0 Å². The molecule has 0 unspecified atom stereocenters. The fourth-order valence-electron chi connectivity index (χ4n) is 2.82. The Bertz CT molecular complexity index is 429. The second-order valence-corrected chi connectivity index (χ2v) is 5.00. The summed E-state index contributed by atoms with van der Waals surface area (Å²) in [6.07, 6.45) is -2.60. The van der Waals surface area contributed by atoms with E-state index in [9.17, 15) is 8.78 Å². The van der Waals surface area contributed by atoms with Crippen molar-refractivity contribution >= 4 is 0 Å². The fraction of sp³-hybridized carbons (Fsp3) is 0.600. The van der Waals surface area contributed by atoms with E-state index in [1.807, 2.05) is 0 Å². The Kier molecular flexibility index (Phi) is 5.76. The largest absolute Gasteiger partial charge is 0.496 e. The molecule has 6 heteroatoms. The second-order valence-electron chi connectivity index (χ2n) is 5.00. The van der Waals surface area contributed by atoms with Gasteiger partial charge in [0.25, 0.3) is 0 Å². The zero-order valence-corrected chi connectivity index (χ0v) is 12.4. The lowest BCUT2D eigenvalue weighted by Crippen LogP contribution is -2.45. The Hall–Kier alpha value is -1.40. The van der Waals surface area contributed by atoms with E-state index < -0.39 is 12.5 Å². The van der Waals surface area contributed by atoms with Crippen molar-refractivity contribution in [2.24, 2.45) is 0 Å². The van der Waals surface area contributed by atoms with Crippen molar-refractivity contribution in [3.63, 3.8) is 0 Å². The highest BCUT2D eigenvalue weighted by Gasteiger charge is 2.30. The van der Waals surface area contributed by atoms with Crippen LogP contribution in [0.4, 0.5) is 8.78 Å². The Morgan fingerprint density at radius 1 is 1.14 bits per heavy atom. The quantitative estimate of drug-likeness (QED) is 0.874. The number of piperazine rings is 1. The SMILES string of the molecule is COc1cccc(OC)c1[C@@H](CC(F)F)N1CCNCC1. The average Bonchev–Trinajstić information content (AvgIpc) is 2.52. The monoisotopic (exact) mass is 300 g/mol. The van der Waals surface area contributed by atoms with E-state index in [4.69, 9.17) is 9.47 Å². The van der Waals surface area contributed by atoms with Gasteiger partial charge in [0.2, 0.25) is 6.43 Å². The standard InChI is InChI=1S/C15H22F2N2O2/c1-20-12-4-3-5-13(21-2)15(12)11(10-14(16)17)19-8-6-18-7-9-19/h3-5,11,14,18H,6-10H2,1-2H3/t11-/m1/s1. The third-order valence-electron chi connectivity index (χ3n) is 3.79. The minimum atomic E-state index is -2.38. The summed E-state index contributed by atoms with van der Waals surface area (Å²) in [6, 6.07) is 4.98. The molecule has 1 aliphatic rings. The molecule has 0 aromatic heterocycles. The van der Waals surface area contributed by atoms with Gasteiger partial charge in [0.05, 0.1) is 19.8 Å². The molecule has 0 amide bonds. The molecule has 0 bridgehead atoms. The van der Waals surface area contributed by atoms with Gasteiger partial charge in [0.15, 0.2) is 0 Å². The van der Waals surface area contributed by atoms with E-state index in [1.165, 1.54) is 0 Å². The maximum Gasteiger partial charge on any atom is 0.240 e. The number of hydrogen-bond donors (Lipinski definition) is 1. The Labute approximate surface area is 124 Å². The van der Waals surface area contributed by atoms with E-state index in [1.54, 1.807) is 32.4 Å². The first-order chi connectivity index (χ1) is 10.2. The van der Waals surface area contributed by atoms with Crippen LogP contribution in [0.3, 0.4) is 0 Å². The van der Waals surface area contributed by atoms with Gasteiger partial charge in [-0.3, -0.25) is 4.90 Å². The fourth-order valence-corrected chi connectivity index (χ4v) is 2.82. The van der Waals surface area contributed by atoms with Crippen LogP contribution >= 0.6 is 0 Å². The van der Waals surface area contributed by atoms with E-state index in [0.717, 1.165) is 26.2 Å². The summed E-state index contributed by atoms with van der Waals surface area (Å²) in [5.41, 5.74) is 0.713. The molecule has 0 saturated carbocycles. The van der Waals surface area contributed by atoms with Crippen molar-refractivity contribution in [2.45, 2.75) is 18.9 Å². The van der Waals surface area contributed by atoms with Gasteiger partial charge >= 0.3 is 0 Å². The number of halogens is 2. The van der Waals surface area contributed by atoms with Gasteiger partial charge in [-0.25, -0.2) is 8.78 Å². The normalized spacial score (nSPS) is 17.8. The van der Waals surface area contributed by atoms with Crippen LogP contribution in [0.25, 0.3) is 0 Å². The summed E-state index contributed by atoms with van der Waals surface area (Å²) >= 11 is 0. The molecular weight excluding hydrogens is 278 g/mol. The molecule has 21 heavy (non-hydrogen) atoms. The zero-order valence-electron chi connectivity index (χ0n) is 12.4. The topological polar surface area (TPSA) is 33.7 Å². The Morgan fingerprint density at radius 2 is 1.71 bits per heavy atom. The van der Waals surface area contributed by atoms with Crippen LogP contribution in [0.2, 0.25) is 0 Å². The predicted octanol–water partition coefficient (Wildman–Crippen LogP) is 2.31. The van der Waals surface area contributed by atoms with Crippen molar-refractivity contribution in [3.8, 4) is 11.5 Å². The maximum atomic E-state index is 13.1. The van der Waals surface area contributed by atoms with Crippen LogP contribution in [0.15, 0.2) is 18.2 Å². The summed E-state index contributed by atoms with van der Waals surface area (Å²) in [5, 5.41) is 3.24. The maximum absolute atomic E-state index is 13.1. The minimum absolute atomic E-state index is 0.225. The van der Waals surface area contributed by atoms with Crippen LogP contribution in [0.5, 0.6) is 11.5 Å². The summed E-state index contributed by atoms with van der Waals surface area (Å²) in [4.78, 5) is 2.07. The molecule has 1 aromatic rings. The lowest BCUT2D eigenvalue weighted by atomic mass is 9.99. The molecule has 2 rings (SSSR count). The Morgan fingerprint density at radius 3 is 2.19 bits per heavy atom. The lowest BCUT2D eigenvalue weighted by Gasteiger charge is -2.36. The van der Waals surface area contributed by atoms with Gasteiger partial charge < -0.3 is 14.8 Å². The van der Waals surface area contributed by atoms with Gasteiger partial charge in [0, 0.05) is 38.6 Å². The highest BCUT2D eigenvalue weighted by Crippen LogP contribution is 2.40. The number of methoxy groups -OCH3 is 2. The smallest absolute Gasteiger partial charge is 0.240 e. The molecule has 118 valence electrons. The molecule has 1 fully saturated rings. The summed E-state index contributed by atoms with van der Waals surface area (Å²) < 4.78 is 36.9. The molecule has 0 spiro atoms. The average molecular weight is 300 g/mol. The zero-order chi connectivity index (χ0) is 15.2. The Balaban J connectivity index is 2.39. The van der Waals surface area contributed by atoms with Gasteiger partial charge in [-0.05, 0) is 12.1 Å². The highest BCUT2D eigenvalue weighted by molar-refractivity contribution is 5.47. The molecular formula is C15H22F2N2O2. The first-order valence-electron chi connectivity index (χ1n) is 7.11. The highest BCUT2D eigenvalue weighted by atomic mass is 19.3. The molecule has 1 atom stereocenters. The van der Waals surface area contributed by atoms with E-state index in [2.05, 4.69) is 10.2 Å². The van der Waals surface area contributed by atoms with Crippen molar-refractivity contribution in [2.75, 3.05) is 40.4 Å². The van der Waals surface area contributed by atoms with Gasteiger partial charge in [-0.15, -0.1) is 0 Å². The van der Waals surface area contributed by atoms with Crippen LogP contribution in [-0.2, 0) is 0 Å². The first-order valence-corrected chi connectivity index (χ1v) is 7.11. The van der Waals surface area contributed by atoms with Crippen molar-refractivity contribution < 1.29 is 18.3 Å². The lowest BCUT2D eigenvalue weighted by molar-refractivity contribution is 0.0718. The third kappa shape index (κ3) is 3.83. The van der Waals surface area contributed by atoms with Crippen LogP contribution < -0.4 is 14.8 Å². The van der Waals surface area contributed by atoms with Crippen LogP contribution in [-0.4, -0.2) is 51.7 Å². The van der Waals surface area contributed by atoms with Crippen LogP contribution in [0.1, 0.15) is 18.0 Å². The summed E-state index contributed by atoms with van der Waals surface area (Å²) in [5.74, 6) is 1.19. The third-order valence-corrected chi connectivity index (χ3v) is 3.79. The summed E-state index contributed by atoms with van der Waals surface area (Å²) in [7, 11) is 3.10. The summed E-state index contributed by atoms with van der Waals surface area (Å²) in [6.45, 7) is 3.07. The minimum Gasteiger partial charge on any atom is -0.496 e. The number of benzene rings is 1. The second kappa shape index (κ2) is 7.56. The van der Waals surface area contributed by atoms with Gasteiger partial charge in [0.1, 0.15) is 11.5 Å². The number of ether oxygens (including phenoxy) is 2. The predicted molar refractivity (Wildman–Crippen MR) is 77.4 cm³/mol. The van der Waals surface area contributed by atoms with E-state index in [0.29, 0.717) is 17.1 Å². The number of rotatable bonds is 6. The number of nitrogens with zero attached hydrogens (tertiary/aromatic N) is 1. The van der Waals surface area contributed by atoms with Crippen molar-refractivity contribution in [3.05, 3.63) is 23.8 Å². The molecule has 0 radical (unpaired) electrons. The molecule has 1 aliphatic heterocycles. The number of hydrogen-bond acceptors (Lipinski definition) is 4. The number of nitrogens with one attached hydrogen (secondary N) is 1. The van der Waals surface area contributed by atoms with E-state index >= 15 is 0 Å². The van der Waals surface area contributed by atoms with Crippen molar-refractivity contribution in [1.29, 1.82) is 0 Å². The van der Waals surface area contributed by atoms with Crippen LogP contribution in [0, 0.1) is 0 Å². The van der Waals surface area contributed by atoms with E-state index in [-0.39, 0.29) is 6.42 Å². The molecule has 0 aliphatic carbocycles. The van der Waals surface area contributed by atoms with Crippen molar-refractivity contribution in [1.82, 2.24) is 10.2 Å². The first kappa shape index (κ1) is 16.0.